The molecule has 2 atom stereocenters. The fourth-order valence-electron chi connectivity index (χ4n) is 1.92. The van der Waals surface area contributed by atoms with Crippen molar-refractivity contribution < 1.29 is 14.3 Å². The second-order valence-corrected chi connectivity index (χ2v) is 4.84. The van der Waals surface area contributed by atoms with Crippen LogP contribution in [0.1, 0.15) is 29.3 Å². The minimum absolute atomic E-state index is 0.00181. The van der Waals surface area contributed by atoms with Crippen LogP contribution < -0.4 is 5.32 Å². The van der Waals surface area contributed by atoms with E-state index in [-0.39, 0.29) is 12.2 Å². The van der Waals surface area contributed by atoms with Gasteiger partial charge in [0.15, 0.2) is 0 Å². The van der Waals surface area contributed by atoms with Gasteiger partial charge in [0.25, 0.3) is 5.91 Å². The van der Waals surface area contributed by atoms with E-state index < -0.39 is 11.7 Å². The van der Waals surface area contributed by atoms with Gasteiger partial charge in [0.2, 0.25) is 0 Å². The van der Waals surface area contributed by atoms with E-state index in [9.17, 15) is 9.18 Å². The van der Waals surface area contributed by atoms with Crippen LogP contribution >= 0.6 is 0 Å². The maximum absolute atomic E-state index is 13.6. The van der Waals surface area contributed by atoms with Gasteiger partial charge in [0.05, 0.1) is 5.56 Å². The highest BCUT2D eigenvalue weighted by atomic mass is 19.1. The first kappa shape index (κ1) is 13.6. The Kier molecular flexibility index (Phi) is 4.18. The summed E-state index contributed by atoms with van der Waals surface area (Å²) in [7, 11) is 0. The Morgan fingerprint density at radius 1 is 1.58 bits per heavy atom. The number of aliphatic hydroxyl groups is 1. The third kappa shape index (κ3) is 3.55. The summed E-state index contributed by atoms with van der Waals surface area (Å²) in [6.45, 7) is 2.45. The molecule has 2 rings (SSSR count). The van der Waals surface area contributed by atoms with Crippen molar-refractivity contribution in [3.63, 3.8) is 0 Å². The predicted octanol–water partition coefficient (Wildman–Crippen LogP) is 1.56. The second kappa shape index (κ2) is 5.85. The Morgan fingerprint density at radius 2 is 2.32 bits per heavy atom. The van der Waals surface area contributed by atoms with Gasteiger partial charge in [-0.2, -0.15) is 0 Å². The van der Waals surface area contributed by atoms with Gasteiger partial charge in [-0.1, -0.05) is 18.8 Å². The second-order valence-electron chi connectivity index (χ2n) is 4.84. The molecule has 1 aromatic rings. The maximum atomic E-state index is 13.6. The van der Waals surface area contributed by atoms with Crippen LogP contribution in [0.25, 0.3) is 0 Å². The van der Waals surface area contributed by atoms with Crippen LogP contribution in [-0.4, -0.2) is 24.2 Å². The van der Waals surface area contributed by atoms with Crippen LogP contribution in [0.15, 0.2) is 18.2 Å². The van der Waals surface area contributed by atoms with E-state index in [4.69, 9.17) is 5.11 Å². The monoisotopic (exact) mass is 261 g/mol. The molecule has 1 aliphatic rings. The van der Waals surface area contributed by atoms with Gasteiger partial charge in [-0.25, -0.2) is 4.39 Å². The Morgan fingerprint density at radius 3 is 2.95 bits per heavy atom. The quantitative estimate of drug-likeness (QED) is 0.811. The topological polar surface area (TPSA) is 49.3 Å². The Labute approximate surface area is 111 Å². The van der Waals surface area contributed by atoms with Crippen molar-refractivity contribution in [3.05, 3.63) is 35.1 Å². The molecule has 0 heterocycles. The number of rotatable bonds is 3. The fraction of sp³-hybridized carbons (Fsp3) is 0.400. The summed E-state index contributed by atoms with van der Waals surface area (Å²) in [6.07, 6.45) is 1.12. The molecule has 0 bridgehead atoms. The molecule has 0 aliphatic heterocycles. The van der Waals surface area contributed by atoms with Gasteiger partial charge >= 0.3 is 0 Å². The molecule has 100 valence electrons. The van der Waals surface area contributed by atoms with Crippen molar-refractivity contribution in [1.82, 2.24) is 5.32 Å². The molecule has 0 aromatic heterocycles. The molecular formula is C15H16FNO2. The molecule has 1 amide bonds. The molecule has 1 saturated carbocycles. The van der Waals surface area contributed by atoms with Gasteiger partial charge in [-0.15, -0.1) is 0 Å². The lowest BCUT2D eigenvalue weighted by molar-refractivity contribution is 0.0947. The number of carbonyl (C=O) groups excluding carboxylic acids is 1. The SMILES string of the molecule is CC1CC1CNC(=O)c1cc(C#CCO)ccc1F. The molecule has 1 aliphatic carbocycles. The first-order valence-electron chi connectivity index (χ1n) is 6.29. The number of carbonyl (C=O) groups is 1. The summed E-state index contributed by atoms with van der Waals surface area (Å²) in [5, 5.41) is 11.3. The normalized spacial score (nSPS) is 20.4. The average Bonchev–Trinajstić information content (AvgIpc) is 3.11. The molecule has 4 heteroatoms. The highest BCUT2D eigenvalue weighted by Gasteiger charge is 2.32. The van der Waals surface area contributed by atoms with Crippen LogP contribution in [0, 0.1) is 29.5 Å². The number of hydrogen-bond donors (Lipinski definition) is 2. The van der Waals surface area contributed by atoms with Gasteiger partial charge in [-0.3, -0.25) is 4.79 Å². The molecule has 3 nitrogen and oxygen atoms in total. The number of hydrogen-bond acceptors (Lipinski definition) is 2. The summed E-state index contributed by atoms with van der Waals surface area (Å²) in [4.78, 5) is 11.9. The van der Waals surface area contributed by atoms with Crippen LogP contribution in [-0.2, 0) is 0 Å². The lowest BCUT2D eigenvalue weighted by Gasteiger charge is -2.06. The zero-order chi connectivity index (χ0) is 13.8. The van der Waals surface area contributed by atoms with Crippen LogP contribution in [0.2, 0.25) is 0 Å². The first-order chi connectivity index (χ1) is 9.11. The summed E-state index contributed by atoms with van der Waals surface area (Å²) in [5.41, 5.74) is 0.512. The minimum atomic E-state index is -0.559. The van der Waals surface area contributed by atoms with Crippen LogP contribution in [0.4, 0.5) is 4.39 Å². The predicted molar refractivity (Wildman–Crippen MR) is 70.0 cm³/mol. The zero-order valence-electron chi connectivity index (χ0n) is 10.7. The van der Waals surface area contributed by atoms with E-state index in [0.29, 0.717) is 23.9 Å². The molecule has 0 radical (unpaired) electrons. The number of nitrogens with one attached hydrogen (secondary N) is 1. The first-order valence-corrected chi connectivity index (χ1v) is 6.29. The van der Waals surface area contributed by atoms with Crippen molar-refractivity contribution in [2.24, 2.45) is 11.8 Å². The van der Waals surface area contributed by atoms with Crippen molar-refractivity contribution >= 4 is 5.91 Å². The largest absolute Gasteiger partial charge is 0.384 e. The standard InChI is InChI=1S/C15H16FNO2/c1-10-7-12(10)9-17-15(19)13-8-11(3-2-6-18)4-5-14(13)16/h4-5,8,10,12,18H,6-7,9H2,1H3,(H,17,19). The highest BCUT2D eigenvalue weighted by molar-refractivity contribution is 5.94. The van der Waals surface area contributed by atoms with E-state index in [1.54, 1.807) is 0 Å². The van der Waals surface area contributed by atoms with E-state index in [1.165, 1.54) is 18.2 Å². The molecule has 2 unspecified atom stereocenters. The molecular weight excluding hydrogens is 245 g/mol. The summed E-state index contributed by atoms with van der Waals surface area (Å²) >= 11 is 0. The highest BCUT2D eigenvalue weighted by Crippen LogP contribution is 2.36. The smallest absolute Gasteiger partial charge is 0.254 e. The summed E-state index contributed by atoms with van der Waals surface area (Å²) in [5.74, 6) is 5.31. The molecule has 19 heavy (non-hydrogen) atoms. The van der Waals surface area contributed by atoms with Crippen molar-refractivity contribution in [2.75, 3.05) is 13.2 Å². The Balaban J connectivity index is 2.06. The van der Waals surface area contributed by atoms with Gasteiger partial charge in [-0.05, 0) is 36.5 Å². The summed E-state index contributed by atoms with van der Waals surface area (Å²) < 4.78 is 13.6. The number of aliphatic hydroxyl groups excluding tert-OH is 1. The van der Waals surface area contributed by atoms with Crippen LogP contribution in [0.3, 0.4) is 0 Å². The van der Waals surface area contributed by atoms with Gasteiger partial charge in [0.1, 0.15) is 12.4 Å². The number of halogens is 1. The summed E-state index contributed by atoms with van der Waals surface area (Å²) in [6, 6.07) is 4.11. The lowest BCUT2D eigenvalue weighted by Crippen LogP contribution is -2.26. The van der Waals surface area contributed by atoms with E-state index >= 15 is 0 Å². The number of amides is 1. The molecule has 0 spiro atoms. The maximum Gasteiger partial charge on any atom is 0.254 e. The number of benzene rings is 1. The third-order valence-electron chi connectivity index (χ3n) is 3.32. The minimum Gasteiger partial charge on any atom is -0.384 e. The van der Waals surface area contributed by atoms with Gasteiger partial charge in [0, 0.05) is 12.1 Å². The van der Waals surface area contributed by atoms with Crippen molar-refractivity contribution in [1.29, 1.82) is 0 Å². The van der Waals surface area contributed by atoms with Gasteiger partial charge < -0.3 is 10.4 Å². The van der Waals surface area contributed by atoms with Crippen molar-refractivity contribution in [3.8, 4) is 11.8 Å². The van der Waals surface area contributed by atoms with E-state index in [1.807, 2.05) is 0 Å². The van der Waals surface area contributed by atoms with E-state index in [0.717, 1.165) is 6.42 Å². The molecule has 1 aromatic carbocycles. The Hall–Kier alpha value is -1.86. The van der Waals surface area contributed by atoms with Crippen LogP contribution in [0.5, 0.6) is 0 Å². The van der Waals surface area contributed by atoms with Crippen molar-refractivity contribution in [2.45, 2.75) is 13.3 Å². The third-order valence-corrected chi connectivity index (χ3v) is 3.32. The molecule has 2 N–H and O–H groups in total. The average molecular weight is 261 g/mol. The fourth-order valence-corrected chi connectivity index (χ4v) is 1.92. The Bertz CT molecular complexity index is 545. The zero-order valence-corrected chi connectivity index (χ0v) is 10.7. The molecule has 1 fully saturated rings. The molecule has 0 saturated heterocycles. The lowest BCUT2D eigenvalue weighted by atomic mass is 10.1. The van der Waals surface area contributed by atoms with E-state index in [2.05, 4.69) is 24.1 Å².